The lowest BCUT2D eigenvalue weighted by molar-refractivity contribution is 0.627. The summed E-state index contributed by atoms with van der Waals surface area (Å²) in [4.78, 5) is 0. The maximum Gasteiger partial charge on any atom is 0.214 e. The Hall–Kier alpha value is -2.21. The zero-order valence-corrected chi connectivity index (χ0v) is 14.0. The molecule has 3 aromatic rings. The van der Waals surface area contributed by atoms with Gasteiger partial charge in [-0.2, -0.15) is 4.68 Å². The van der Waals surface area contributed by atoms with Crippen molar-refractivity contribution in [2.75, 3.05) is 0 Å². The van der Waals surface area contributed by atoms with E-state index in [1.165, 1.54) is 17.7 Å². The molecule has 0 saturated heterocycles. The lowest BCUT2D eigenvalue weighted by Crippen LogP contribution is -2.03. The van der Waals surface area contributed by atoms with Gasteiger partial charge in [0.25, 0.3) is 0 Å². The Bertz CT molecular complexity index is 814. The third kappa shape index (κ3) is 3.27. The smallest absolute Gasteiger partial charge is 0.207 e. The summed E-state index contributed by atoms with van der Waals surface area (Å²) in [6.45, 7) is 6.18. The SMILES string of the molecule is Cc1cccc(-n2nnnc2S[C@@H](C)c2ccc(F)cc2)c1C. The minimum atomic E-state index is -0.230. The first-order valence-corrected chi connectivity index (χ1v) is 8.21. The summed E-state index contributed by atoms with van der Waals surface area (Å²) in [5.74, 6) is -0.230. The molecule has 0 aliphatic rings. The highest BCUT2D eigenvalue weighted by Crippen LogP contribution is 2.34. The molecular weight excluding hydrogens is 311 g/mol. The molecule has 0 amide bonds. The minimum absolute atomic E-state index is 0.116. The van der Waals surface area contributed by atoms with E-state index in [0.29, 0.717) is 0 Å². The van der Waals surface area contributed by atoms with E-state index in [-0.39, 0.29) is 11.1 Å². The summed E-state index contributed by atoms with van der Waals surface area (Å²) in [5, 5.41) is 12.9. The number of halogens is 1. The third-order valence-corrected chi connectivity index (χ3v) is 4.96. The van der Waals surface area contributed by atoms with Gasteiger partial charge in [0.05, 0.1) is 5.69 Å². The molecular formula is C17H17FN4S. The van der Waals surface area contributed by atoms with E-state index in [2.05, 4.69) is 42.4 Å². The van der Waals surface area contributed by atoms with E-state index >= 15 is 0 Å². The molecule has 1 aromatic heterocycles. The first-order chi connectivity index (χ1) is 11.1. The number of aromatic nitrogens is 4. The van der Waals surface area contributed by atoms with Crippen LogP contribution in [0.4, 0.5) is 4.39 Å². The fourth-order valence-corrected chi connectivity index (χ4v) is 3.26. The molecule has 0 aliphatic carbocycles. The Morgan fingerprint density at radius 1 is 1.09 bits per heavy atom. The number of benzene rings is 2. The van der Waals surface area contributed by atoms with Crippen LogP contribution in [0, 0.1) is 19.7 Å². The van der Waals surface area contributed by atoms with E-state index in [9.17, 15) is 4.39 Å². The van der Waals surface area contributed by atoms with E-state index in [1.807, 2.05) is 12.1 Å². The Morgan fingerprint density at radius 2 is 1.83 bits per heavy atom. The predicted octanol–water partition coefficient (Wildman–Crippen LogP) is 4.27. The quantitative estimate of drug-likeness (QED) is 0.671. The van der Waals surface area contributed by atoms with Crippen molar-refractivity contribution in [2.45, 2.75) is 31.2 Å². The second-order valence-corrected chi connectivity index (χ2v) is 6.71. The van der Waals surface area contributed by atoms with Crippen LogP contribution in [0.2, 0.25) is 0 Å². The van der Waals surface area contributed by atoms with Crippen LogP contribution in [0.3, 0.4) is 0 Å². The van der Waals surface area contributed by atoms with Gasteiger partial charge in [0, 0.05) is 5.25 Å². The molecule has 6 heteroatoms. The van der Waals surface area contributed by atoms with E-state index in [4.69, 9.17) is 0 Å². The molecule has 0 fully saturated rings. The number of thioether (sulfide) groups is 1. The summed E-state index contributed by atoms with van der Waals surface area (Å²) in [6.07, 6.45) is 0. The molecule has 0 N–H and O–H groups in total. The Balaban J connectivity index is 1.89. The van der Waals surface area contributed by atoms with Gasteiger partial charge >= 0.3 is 0 Å². The van der Waals surface area contributed by atoms with Crippen LogP contribution in [0.5, 0.6) is 0 Å². The number of hydrogen-bond donors (Lipinski definition) is 0. The van der Waals surface area contributed by atoms with Gasteiger partial charge in [-0.15, -0.1) is 5.10 Å². The monoisotopic (exact) mass is 328 g/mol. The first-order valence-electron chi connectivity index (χ1n) is 7.33. The van der Waals surface area contributed by atoms with Crippen molar-refractivity contribution >= 4 is 11.8 Å². The molecule has 2 aromatic carbocycles. The third-order valence-electron chi connectivity index (χ3n) is 3.87. The molecule has 0 bridgehead atoms. The van der Waals surface area contributed by atoms with Crippen molar-refractivity contribution in [1.29, 1.82) is 0 Å². The van der Waals surface area contributed by atoms with E-state index in [0.717, 1.165) is 22.0 Å². The molecule has 1 atom stereocenters. The highest BCUT2D eigenvalue weighted by molar-refractivity contribution is 7.99. The van der Waals surface area contributed by atoms with Crippen LogP contribution < -0.4 is 0 Å². The lowest BCUT2D eigenvalue weighted by Gasteiger charge is -2.13. The van der Waals surface area contributed by atoms with Crippen LogP contribution in [0.1, 0.15) is 28.9 Å². The standard InChI is InChI=1S/C17H17FN4S/c1-11-5-4-6-16(12(11)2)22-17(19-20-21-22)23-13(3)14-7-9-15(18)10-8-14/h4-10,13H,1-3H3/t13-/m0/s1. The highest BCUT2D eigenvalue weighted by atomic mass is 32.2. The summed E-state index contributed by atoms with van der Waals surface area (Å²) < 4.78 is 14.8. The topological polar surface area (TPSA) is 43.6 Å². The maximum atomic E-state index is 13.1. The number of rotatable bonds is 4. The molecule has 23 heavy (non-hydrogen) atoms. The number of nitrogens with zero attached hydrogens (tertiary/aromatic N) is 4. The van der Waals surface area contributed by atoms with Gasteiger partial charge < -0.3 is 0 Å². The molecule has 0 spiro atoms. The van der Waals surface area contributed by atoms with Crippen molar-refractivity contribution < 1.29 is 4.39 Å². The van der Waals surface area contributed by atoms with E-state index < -0.39 is 0 Å². The normalized spacial score (nSPS) is 12.3. The lowest BCUT2D eigenvalue weighted by atomic mass is 10.1. The molecule has 0 radical (unpaired) electrons. The van der Waals surface area contributed by atoms with Crippen molar-refractivity contribution in [3.05, 3.63) is 65.0 Å². The van der Waals surface area contributed by atoms with Gasteiger partial charge in [-0.25, -0.2) is 4.39 Å². The van der Waals surface area contributed by atoms with Gasteiger partial charge in [0.15, 0.2) is 0 Å². The number of aryl methyl sites for hydroxylation is 1. The average Bonchev–Trinajstić information content (AvgIpc) is 2.98. The molecule has 4 nitrogen and oxygen atoms in total. The van der Waals surface area contributed by atoms with Crippen molar-refractivity contribution in [3.63, 3.8) is 0 Å². The van der Waals surface area contributed by atoms with Crippen molar-refractivity contribution in [2.24, 2.45) is 0 Å². The maximum absolute atomic E-state index is 13.1. The highest BCUT2D eigenvalue weighted by Gasteiger charge is 2.16. The van der Waals surface area contributed by atoms with Gasteiger partial charge in [0.2, 0.25) is 5.16 Å². The van der Waals surface area contributed by atoms with Crippen molar-refractivity contribution in [3.8, 4) is 5.69 Å². The van der Waals surface area contributed by atoms with Crippen LogP contribution in [-0.4, -0.2) is 20.2 Å². The Morgan fingerprint density at radius 3 is 2.57 bits per heavy atom. The zero-order chi connectivity index (χ0) is 16.4. The number of hydrogen-bond acceptors (Lipinski definition) is 4. The van der Waals surface area contributed by atoms with Gasteiger partial charge in [-0.05, 0) is 66.1 Å². The molecule has 118 valence electrons. The second kappa shape index (κ2) is 6.50. The van der Waals surface area contributed by atoms with Gasteiger partial charge in [-0.1, -0.05) is 36.0 Å². The fourth-order valence-electron chi connectivity index (χ4n) is 2.33. The molecule has 0 unspecified atom stereocenters. The average molecular weight is 328 g/mol. The summed E-state index contributed by atoms with van der Waals surface area (Å²) in [5.41, 5.74) is 4.35. The zero-order valence-electron chi connectivity index (χ0n) is 13.2. The first kappa shape index (κ1) is 15.7. The molecule has 0 saturated carbocycles. The minimum Gasteiger partial charge on any atom is -0.207 e. The molecule has 1 heterocycles. The van der Waals surface area contributed by atoms with Crippen LogP contribution >= 0.6 is 11.8 Å². The Kier molecular flexibility index (Phi) is 4.43. The number of tetrazole rings is 1. The Labute approximate surface area is 138 Å². The fraction of sp³-hybridized carbons (Fsp3) is 0.235. The molecule has 0 aliphatic heterocycles. The summed E-state index contributed by atoms with van der Waals surface area (Å²) in [6, 6.07) is 12.6. The van der Waals surface area contributed by atoms with Crippen LogP contribution in [-0.2, 0) is 0 Å². The summed E-state index contributed by atoms with van der Waals surface area (Å²) in [7, 11) is 0. The largest absolute Gasteiger partial charge is 0.214 e. The van der Waals surface area contributed by atoms with E-state index in [1.54, 1.807) is 28.6 Å². The van der Waals surface area contributed by atoms with Crippen LogP contribution in [0.15, 0.2) is 47.6 Å². The molecule has 3 rings (SSSR count). The predicted molar refractivity (Wildman–Crippen MR) is 89.3 cm³/mol. The second-order valence-electron chi connectivity index (χ2n) is 5.40. The van der Waals surface area contributed by atoms with Gasteiger partial charge in [0.1, 0.15) is 5.82 Å². The van der Waals surface area contributed by atoms with Crippen molar-refractivity contribution in [1.82, 2.24) is 20.2 Å². The van der Waals surface area contributed by atoms with Gasteiger partial charge in [-0.3, -0.25) is 0 Å². The van der Waals surface area contributed by atoms with Crippen LogP contribution in [0.25, 0.3) is 5.69 Å². The summed E-state index contributed by atoms with van der Waals surface area (Å²) >= 11 is 1.55.